The van der Waals surface area contributed by atoms with Gasteiger partial charge in [0.25, 0.3) is 0 Å². The van der Waals surface area contributed by atoms with Crippen LogP contribution in [-0.4, -0.2) is 18.4 Å². The van der Waals surface area contributed by atoms with Crippen LogP contribution in [0.5, 0.6) is 0 Å². The van der Waals surface area contributed by atoms with Gasteiger partial charge in [-0.3, -0.25) is 9.59 Å². The van der Waals surface area contributed by atoms with Crippen molar-refractivity contribution in [3.63, 3.8) is 0 Å². The quantitative estimate of drug-likeness (QED) is 0.791. The van der Waals surface area contributed by atoms with E-state index in [4.69, 9.17) is 5.26 Å². The second-order valence-corrected chi connectivity index (χ2v) is 4.85. The molecule has 0 aliphatic rings. The van der Waals surface area contributed by atoms with Crippen LogP contribution in [0.2, 0.25) is 0 Å². The second-order valence-electron chi connectivity index (χ2n) is 4.85. The first-order valence-corrected chi connectivity index (χ1v) is 6.98. The van der Waals surface area contributed by atoms with E-state index in [2.05, 4.69) is 16.0 Å². The van der Waals surface area contributed by atoms with Gasteiger partial charge >= 0.3 is 0 Å². The van der Waals surface area contributed by atoms with Gasteiger partial charge in [-0.15, -0.1) is 0 Å². The molecule has 0 aliphatic carbocycles. The lowest BCUT2D eigenvalue weighted by atomic mass is 10.2. The van der Waals surface area contributed by atoms with E-state index in [1.54, 1.807) is 48.5 Å². The van der Waals surface area contributed by atoms with Gasteiger partial charge in [0.05, 0.1) is 18.2 Å². The van der Waals surface area contributed by atoms with Gasteiger partial charge < -0.3 is 16.0 Å². The first-order valence-electron chi connectivity index (χ1n) is 6.98. The van der Waals surface area contributed by atoms with Gasteiger partial charge in [0, 0.05) is 24.0 Å². The fraction of sp³-hybridized carbons (Fsp3) is 0.118. The van der Waals surface area contributed by atoms with E-state index in [1.807, 2.05) is 6.07 Å². The topological polar surface area (TPSA) is 94.0 Å². The van der Waals surface area contributed by atoms with E-state index < -0.39 is 0 Å². The molecule has 2 amide bonds. The van der Waals surface area contributed by atoms with E-state index in [9.17, 15) is 9.59 Å². The third kappa shape index (κ3) is 5.17. The lowest BCUT2D eigenvalue weighted by molar-refractivity contribution is -0.115. The van der Waals surface area contributed by atoms with Gasteiger partial charge in [0.15, 0.2) is 0 Å². The summed E-state index contributed by atoms with van der Waals surface area (Å²) < 4.78 is 0. The SMILES string of the molecule is CC(=O)Nc1cccc(NCC(=O)Nc2ccc(C#N)cc2)c1. The summed E-state index contributed by atoms with van der Waals surface area (Å²) in [6.07, 6.45) is 0. The van der Waals surface area contributed by atoms with Crippen molar-refractivity contribution in [1.82, 2.24) is 0 Å². The van der Waals surface area contributed by atoms with E-state index in [1.165, 1.54) is 6.92 Å². The fourth-order valence-corrected chi connectivity index (χ4v) is 1.93. The Hall–Kier alpha value is -3.33. The first-order chi connectivity index (χ1) is 11.1. The summed E-state index contributed by atoms with van der Waals surface area (Å²) in [5, 5.41) is 17.1. The Morgan fingerprint density at radius 3 is 2.35 bits per heavy atom. The van der Waals surface area contributed by atoms with Crippen LogP contribution in [0.4, 0.5) is 17.1 Å². The predicted octanol–water partition coefficient (Wildman–Crippen LogP) is 2.57. The highest BCUT2D eigenvalue weighted by atomic mass is 16.2. The molecule has 2 aromatic carbocycles. The van der Waals surface area contributed by atoms with Gasteiger partial charge in [-0.05, 0) is 42.5 Å². The Kier molecular flexibility index (Phi) is 5.31. The number of hydrogen-bond acceptors (Lipinski definition) is 4. The molecule has 0 atom stereocenters. The molecule has 0 unspecified atom stereocenters. The predicted molar refractivity (Wildman–Crippen MR) is 89.0 cm³/mol. The zero-order valence-corrected chi connectivity index (χ0v) is 12.6. The largest absolute Gasteiger partial charge is 0.376 e. The minimum atomic E-state index is -0.209. The highest BCUT2D eigenvalue weighted by Gasteiger charge is 2.03. The maximum absolute atomic E-state index is 11.9. The van der Waals surface area contributed by atoms with Crippen molar-refractivity contribution in [2.45, 2.75) is 6.92 Å². The molecular formula is C17H16N4O2. The summed E-state index contributed by atoms with van der Waals surface area (Å²) in [7, 11) is 0. The van der Waals surface area contributed by atoms with E-state index in [0.29, 0.717) is 16.9 Å². The Morgan fingerprint density at radius 1 is 1.00 bits per heavy atom. The number of nitrogens with zero attached hydrogens (tertiary/aromatic N) is 1. The summed E-state index contributed by atoms with van der Waals surface area (Å²) >= 11 is 0. The standard InChI is InChI=1S/C17H16N4O2/c1-12(22)20-16-4-2-3-15(9-16)19-11-17(23)21-14-7-5-13(10-18)6-8-14/h2-9,19H,11H2,1H3,(H,20,22)(H,21,23). The normalized spacial score (nSPS) is 9.57. The minimum absolute atomic E-state index is 0.0868. The molecule has 0 aliphatic heterocycles. The van der Waals surface area contributed by atoms with E-state index in [0.717, 1.165) is 5.69 Å². The van der Waals surface area contributed by atoms with Crippen LogP contribution in [-0.2, 0) is 9.59 Å². The van der Waals surface area contributed by atoms with Gasteiger partial charge in [-0.25, -0.2) is 0 Å². The van der Waals surface area contributed by atoms with Crippen molar-refractivity contribution in [3.05, 3.63) is 54.1 Å². The van der Waals surface area contributed by atoms with Crippen LogP contribution in [0.15, 0.2) is 48.5 Å². The summed E-state index contributed by atoms with van der Waals surface area (Å²) in [5.74, 6) is -0.361. The van der Waals surface area contributed by atoms with Crippen molar-refractivity contribution >= 4 is 28.9 Å². The highest BCUT2D eigenvalue weighted by Crippen LogP contribution is 2.15. The fourth-order valence-electron chi connectivity index (χ4n) is 1.93. The van der Waals surface area contributed by atoms with Crippen molar-refractivity contribution in [1.29, 1.82) is 5.26 Å². The average Bonchev–Trinajstić information content (AvgIpc) is 2.53. The number of anilines is 3. The molecule has 6 heteroatoms. The molecule has 0 heterocycles. The lowest BCUT2D eigenvalue weighted by Crippen LogP contribution is -2.21. The number of carbonyl (C=O) groups is 2. The average molecular weight is 308 g/mol. The summed E-state index contributed by atoms with van der Waals surface area (Å²) in [5.41, 5.74) is 2.56. The number of rotatable bonds is 5. The number of nitrogens with one attached hydrogen (secondary N) is 3. The third-order valence-corrected chi connectivity index (χ3v) is 2.93. The molecule has 0 aromatic heterocycles. The number of hydrogen-bond donors (Lipinski definition) is 3. The summed E-state index contributed by atoms with van der Waals surface area (Å²) in [6, 6.07) is 15.7. The summed E-state index contributed by atoms with van der Waals surface area (Å²) in [4.78, 5) is 22.9. The number of amides is 2. The highest BCUT2D eigenvalue weighted by molar-refractivity contribution is 5.94. The molecule has 2 aromatic rings. The molecule has 23 heavy (non-hydrogen) atoms. The molecule has 0 radical (unpaired) electrons. The molecule has 0 bridgehead atoms. The van der Waals surface area contributed by atoms with Crippen LogP contribution < -0.4 is 16.0 Å². The Labute approximate surface area is 134 Å². The molecule has 0 spiro atoms. The molecule has 116 valence electrons. The second kappa shape index (κ2) is 7.61. The molecule has 3 N–H and O–H groups in total. The maximum atomic E-state index is 11.9. The minimum Gasteiger partial charge on any atom is -0.376 e. The molecular weight excluding hydrogens is 292 g/mol. The van der Waals surface area contributed by atoms with Crippen LogP contribution in [0.1, 0.15) is 12.5 Å². The first kappa shape index (κ1) is 16.0. The Balaban J connectivity index is 1.88. The van der Waals surface area contributed by atoms with Gasteiger partial charge in [-0.2, -0.15) is 5.26 Å². The molecule has 0 saturated carbocycles. The van der Waals surface area contributed by atoms with Gasteiger partial charge in [-0.1, -0.05) is 6.07 Å². The van der Waals surface area contributed by atoms with Crippen molar-refractivity contribution in [2.24, 2.45) is 0 Å². The van der Waals surface area contributed by atoms with E-state index in [-0.39, 0.29) is 18.4 Å². The Morgan fingerprint density at radius 2 is 1.70 bits per heavy atom. The number of nitriles is 1. The van der Waals surface area contributed by atoms with Crippen molar-refractivity contribution in [3.8, 4) is 6.07 Å². The third-order valence-electron chi connectivity index (χ3n) is 2.93. The van der Waals surface area contributed by atoms with Gasteiger partial charge in [0.1, 0.15) is 0 Å². The van der Waals surface area contributed by atoms with Crippen LogP contribution in [0.3, 0.4) is 0 Å². The number of carbonyl (C=O) groups excluding carboxylic acids is 2. The molecule has 0 fully saturated rings. The Bertz CT molecular complexity index is 748. The zero-order valence-electron chi connectivity index (χ0n) is 12.6. The monoisotopic (exact) mass is 308 g/mol. The van der Waals surface area contributed by atoms with E-state index >= 15 is 0 Å². The van der Waals surface area contributed by atoms with Crippen LogP contribution in [0.25, 0.3) is 0 Å². The zero-order chi connectivity index (χ0) is 16.7. The lowest BCUT2D eigenvalue weighted by Gasteiger charge is -2.09. The van der Waals surface area contributed by atoms with Crippen molar-refractivity contribution < 1.29 is 9.59 Å². The van der Waals surface area contributed by atoms with Crippen LogP contribution in [0, 0.1) is 11.3 Å². The molecule has 2 rings (SSSR count). The van der Waals surface area contributed by atoms with Gasteiger partial charge in [0.2, 0.25) is 11.8 Å². The molecule has 6 nitrogen and oxygen atoms in total. The maximum Gasteiger partial charge on any atom is 0.243 e. The van der Waals surface area contributed by atoms with Crippen molar-refractivity contribution in [2.75, 3.05) is 22.5 Å². The summed E-state index contributed by atoms with van der Waals surface area (Å²) in [6.45, 7) is 1.52. The van der Waals surface area contributed by atoms with Crippen LogP contribution >= 0.6 is 0 Å². The molecule has 0 saturated heterocycles. The smallest absolute Gasteiger partial charge is 0.243 e. The number of benzene rings is 2.